The van der Waals surface area contributed by atoms with Crippen molar-refractivity contribution < 1.29 is 19.5 Å². The van der Waals surface area contributed by atoms with Crippen molar-refractivity contribution in [3.8, 4) is 0 Å². The number of likely N-dealkylation sites (N-methyl/N-ethyl adjacent to an activating group) is 1. The standard InChI is InChI=1S/C14H19N3O4/c1-8(2)7-10(12(18)15-3)17-13(19)11-9(14(20)21)5-4-6-16-11/h4-6,8,10H,7H2,1-3H3,(H,15,18)(H,17,19)(H,20,21). The van der Waals surface area contributed by atoms with Gasteiger partial charge in [-0.3, -0.25) is 14.6 Å². The minimum atomic E-state index is -1.24. The summed E-state index contributed by atoms with van der Waals surface area (Å²) in [5.41, 5.74) is -0.405. The van der Waals surface area contributed by atoms with Crippen LogP contribution in [-0.4, -0.2) is 41.0 Å². The van der Waals surface area contributed by atoms with E-state index in [1.807, 2.05) is 13.8 Å². The summed E-state index contributed by atoms with van der Waals surface area (Å²) in [6, 6.07) is 2.00. The van der Waals surface area contributed by atoms with Gasteiger partial charge in [0.05, 0.1) is 5.56 Å². The first kappa shape index (κ1) is 16.6. The Labute approximate surface area is 122 Å². The van der Waals surface area contributed by atoms with E-state index in [4.69, 9.17) is 5.11 Å². The first-order valence-electron chi connectivity index (χ1n) is 6.57. The molecule has 1 aromatic rings. The van der Waals surface area contributed by atoms with Crippen molar-refractivity contribution in [3.05, 3.63) is 29.6 Å². The van der Waals surface area contributed by atoms with Gasteiger partial charge in [0.25, 0.3) is 5.91 Å². The summed E-state index contributed by atoms with van der Waals surface area (Å²) in [5.74, 6) is -2.06. The summed E-state index contributed by atoms with van der Waals surface area (Å²) < 4.78 is 0. The van der Waals surface area contributed by atoms with Gasteiger partial charge in [0.2, 0.25) is 5.91 Å². The van der Waals surface area contributed by atoms with E-state index < -0.39 is 17.9 Å². The highest BCUT2D eigenvalue weighted by Gasteiger charge is 2.24. The summed E-state index contributed by atoms with van der Waals surface area (Å²) in [7, 11) is 1.48. The highest BCUT2D eigenvalue weighted by atomic mass is 16.4. The molecule has 0 bridgehead atoms. The van der Waals surface area contributed by atoms with Crippen molar-refractivity contribution in [2.24, 2.45) is 5.92 Å². The molecule has 0 fully saturated rings. The molecule has 0 aromatic carbocycles. The topological polar surface area (TPSA) is 108 Å². The smallest absolute Gasteiger partial charge is 0.338 e. The maximum Gasteiger partial charge on any atom is 0.338 e. The Hall–Kier alpha value is -2.44. The number of hydrogen-bond acceptors (Lipinski definition) is 4. The normalized spacial score (nSPS) is 11.8. The quantitative estimate of drug-likeness (QED) is 0.714. The lowest BCUT2D eigenvalue weighted by Crippen LogP contribution is -2.46. The molecule has 0 aliphatic heterocycles. The lowest BCUT2D eigenvalue weighted by molar-refractivity contribution is -0.122. The fourth-order valence-electron chi connectivity index (χ4n) is 1.86. The van der Waals surface area contributed by atoms with Gasteiger partial charge in [-0.05, 0) is 24.5 Å². The Morgan fingerprint density at radius 1 is 1.33 bits per heavy atom. The molecule has 0 saturated carbocycles. The zero-order valence-electron chi connectivity index (χ0n) is 12.2. The summed E-state index contributed by atoms with van der Waals surface area (Å²) in [6.45, 7) is 3.84. The van der Waals surface area contributed by atoms with Crippen LogP contribution in [-0.2, 0) is 4.79 Å². The summed E-state index contributed by atoms with van der Waals surface area (Å²) in [5, 5.41) is 14.1. The molecule has 7 heteroatoms. The third-order valence-electron chi connectivity index (χ3n) is 2.83. The number of aromatic carboxylic acids is 1. The van der Waals surface area contributed by atoms with E-state index >= 15 is 0 Å². The Morgan fingerprint density at radius 2 is 2.00 bits per heavy atom. The fourth-order valence-corrected chi connectivity index (χ4v) is 1.86. The third-order valence-corrected chi connectivity index (χ3v) is 2.83. The molecule has 0 aliphatic carbocycles. The summed E-state index contributed by atoms with van der Waals surface area (Å²) >= 11 is 0. The van der Waals surface area contributed by atoms with Crippen LogP contribution in [0.1, 0.15) is 41.1 Å². The molecule has 1 unspecified atom stereocenters. The fraction of sp³-hybridized carbons (Fsp3) is 0.429. The molecule has 21 heavy (non-hydrogen) atoms. The van der Waals surface area contributed by atoms with Crippen LogP contribution in [0.15, 0.2) is 18.3 Å². The first-order chi connectivity index (χ1) is 9.86. The Bertz CT molecular complexity index is 543. The second-order valence-electron chi connectivity index (χ2n) is 4.97. The predicted molar refractivity (Wildman–Crippen MR) is 76.0 cm³/mol. The van der Waals surface area contributed by atoms with Crippen LogP contribution in [0.25, 0.3) is 0 Å². The van der Waals surface area contributed by atoms with Crippen LogP contribution in [0, 0.1) is 5.92 Å². The lowest BCUT2D eigenvalue weighted by Gasteiger charge is -2.19. The van der Waals surface area contributed by atoms with Gasteiger partial charge in [-0.25, -0.2) is 4.79 Å². The van der Waals surface area contributed by atoms with Crippen molar-refractivity contribution in [3.63, 3.8) is 0 Å². The van der Waals surface area contributed by atoms with E-state index in [2.05, 4.69) is 15.6 Å². The lowest BCUT2D eigenvalue weighted by atomic mass is 10.0. The number of carboxylic acid groups (broad SMARTS) is 1. The number of hydrogen-bond donors (Lipinski definition) is 3. The molecule has 7 nitrogen and oxygen atoms in total. The van der Waals surface area contributed by atoms with Gasteiger partial charge in [-0.1, -0.05) is 13.8 Å². The Balaban J connectivity index is 2.97. The molecule has 0 radical (unpaired) electrons. The summed E-state index contributed by atoms with van der Waals surface area (Å²) in [6.07, 6.45) is 1.78. The molecule has 1 atom stereocenters. The molecule has 0 spiro atoms. The van der Waals surface area contributed by atoms with E-state index in [1.165, 1.54) is 25.4 Å². The van der Waals surface area contributed by atoms with Crippen molar-refractivity contribution in [1.29, 1.82) is 0 Å². The number of nitrogens with one attached hydrogen (secondary N) is 2. The maximum absolute atomic E-state index is 12.2. The highest BCUT2D eigenvalue weighted by Crippen LogP contribution is 2.09. The third kappa shape index (κ3) is 4.55. The van der Waals surface area contributed by atoms with E-state index in [0.29, 0.717) is 6.42 Å². The zero-order chi connectivity index (χ0) is 16.0. The van der Waals surface area contributed by atoms with Crippen molar-refractivity contribution in [1.82, 2.24) is 15.6 Å². The van der Waals surface area contributed by atoms with Crippen LogP contribution in [0.2, 0.25) is 0 Å². The number of carboxylic acids is 1. The van der Waals surface area contributed by atoms with Crippen LogP contribution in [0.5, 0.6) is 0 Å². The monoisotopic (exact) mass is 293 g/mol. The van der Waals surface area contributed by atoms with Crippen molar-refractivity contribution in [2.75, 3.05) is 7.05 Å². The average molecular weight is 293 g/mol. The van der Waals surface area contributed by atoms with Crippen LogP contribution < -0.4 is 10.6 Å². The number of aromatic nitrogens is 1. The van der Waals surface area contributed by atoms with Gasteiger partial charge in [-0.2, -0.15) is 0 Å². The maximum atomic E-state index is 12.2. The van der Waals surface area contributed by atoms with Gasteiger partial charge in [0.15, 0.2) is 0 Å². The minimum Gasteiger partial charge on any atom is -0.478 e. The zero-order valence-corrected chi connectivity index (χ0v) is 12.2. The number of amides is 2. The van der Waals surface area contributed by atoms with E-state index in [0.717, 1.165) is 0 Å². The molecule has 1 rings (SSSR count). The molecule has 0 aliphatic rings. The number of nitrogens with zero attached hydrogens (tertiary/aromatic N) is 1. The van der Waals surface area contributed by atoms with Crippen LogP contribution in [0.3, 0.4) is 0 Å². The second kappa shape index (κ2) is 7.37. The van der Waals surface area contributed by atoms with Gasteiger partial charge in [0, 0.05) is 13.2 Å². The largest absolute Gasteiger partial charge is 0.478 e. The Morgan fingerprint density at radius 3 is 2.52 bits per heavy atom. The molecule has 2 amide bonds. The number of carbonyl (C=O) groups excluding carboxylic acids is 2. The first-order valence-corrected chi connectivity index (χ1v) is 6.57. The van der Waals surface area contributed by atoms with E-state index in [-0.39, 0.29) is 23.1 Å². The summed E-state index contributed by atoms with van der Waals surface area (Å²) in [4.78, 5) is 38.8. The van der Waals surface area contributed by atoms with Gasteiger partial charge >= 0.3 is 5.97 Å². The molecular weight excluding hydrogens is 274 g/mol. The molecule has 1 aromatic heterocycles. The molecular formula is C14H19N3O4. The van der Waals surface area contributed by atoms with Crippen LogP contribution in [0.4, 0.5) is 0 Å². The SMILES string of the molecule is CNC(=O)C(CC(C)C)NC(=O)c1ncccc1C(=O)O. The van der Waals surface area contributed by atoms with Gasteiger partial charge in [0.1, 0.15) is 11.7 Å². The van der Waals surface area contributed by atoms with Crippen molar-refractivity contribution >= 4 is 17.8 Å². The molecule has 114 valence electrons. The van der Waals surface area contributed by atoms with E-state index in [9.17, 15) is 14.4 Å². The second-order valence-corrected chi connectivity index (χ2v) is 4.97. The number of rotatable bonds is 6. The van der Waals surface area contributed by atoms with Crippen LogP contribution >= 0.6 is 0 Å². The van der Waals surface area contributed by atoms with Gasteiger partial charge in [-0.15, -0.1) is 0 Å². The average Bonchev–Trinajstić information content (AvgIpc) is 2.45. The highest BCUT2D eigenvalue weighted by molar-refractivity contribution is 6.04. The Kier molecular flexibility index (Phi) is 5.83. The number of pyridine rings is 1. The predicted octanol–water partition coefficient (Wildman–Crippen LogP) is 0.670. The van der Waals surface area contributed by atoms with Crippen molar-refractivity contribution in [2.45, 2.75) is 26.3 Å². The molecule has 3 N–H and O–H groups in total. The number of carbonyl (C=O) groups is 3. The minimum absolute atomic E-state index is 0.190. The molecule has 0 saturated heterocycles. The van der Waals surface area contributed by atoms with Gasteiger partial charge < -0.3 is 15.7 Å². The molecule has 1 heterocycles. The van der Waals surface area contributed by atoms with E-state index in [1.54, 1.807) is 0 Å².